The van der Waals surface area contributed by atoms with Gasteiger partial charge >= 0.3 is 89.4 Å². The maximum absolute atomic E-state index is 2.33. The monoisotopic (exact) mass is 245 g/mol. The van der Waals surface area contributed by atoms with Crippen LogP contribution < -0.4 is 0 Å². The zero-order valence-electron chi connectivity index (χ0n) is 9.86. The van der Waals surface area contributed by atoms with Gasteiger partial charge in [-0.1, -0.05) is 0 Å². The van der Waals surface area contributed by atoms with Gasteiger partial charge in [0.05, 0.1) is 0 Å². The Hall–Kier alpha value is 0.543. The summed E-state index contributed by atoms with van der Waals surface area (Å²) in [5.74, 6) is 0. The second-order valence-electron chi connectivity index (χ2n) is 4.06. The SMILES string of the molecule is CCC[CH2][Ge-]([CH2]CCC)[CH2]CCC. The van der Waals surface area contributed by atoms with Crippen LogP contribution in [0.3, 0.4) is 0 Å². The molecule has 0 N–H and O–H groups in total. The standard InChI is InChI=1S/C12H27Ge/c1-4-7-10-13(11-8-5-2)12-9-6-3/h4-12H2,1-3H3/q-1. The van der Waals surface area contributed by atoms with Gasteiger partial charge in [0, 0.05) is 0 Å². The molecule has 0 spiro atoms. The van der Waals surface area contributed by atoms with Crippen molar-refractivity contribution in [2.75, 3.05) is 0 Å². The first-order chi connectivity index (χ1) is 6.35. The van der Waals surface area contributed by atoms with Crippen molar-refractivity contribution in [1.82, 2.24) is 0 Å². The predicted octanol–water partition coefficient (Wildman–Crippen LogP) is 4.88. The Morgan fingerprint density at radius 1 is 0.615 bits per heavy atom. The summed E-state index contributed by atoms with van der Waals surface area (Å²) in [6.07, 6.45) is 8.78. The molecule has 0 radical (unpaired) electrons. The summed E-state index contributed by atoms with van der Waals surface area (Å²) in [6, 6.07) is 0. The van der Waals surface area contributed by atoms with Crippen LogP contribution >= 0.6 is 0 Å². The van der Waals surface area contributed by atoms with Crippen molar-refractivity contribution in [3.8, 4) is 0 Å². The number of hydrogen-bond donors (Lipinski definition) is 0. The quantitative estimate of drug-likeness (QED) is 0.507. The molecule has 0 saturated carbocycles. The summed E-state index contributed by atoms with van der Waals surface area (Å²) in [5.41, 5.74) is 0. The molecule has 0 aromatic carbocycles. The molecule has 0 aromatic heterocycles. The van der Waals surface area contributed by atoms with E-state index in [1.54, 1.807) is 15.8 Å². The van der Waals surface area contributed by atoms with E-state index >= 15 is 0 Å². The topological polar surface area (TPSA) is 0 Å². The molecule has 0 aromatic rings. The number of hydrogen-bond acceptors (Lipinski definition) is 0. The van der Waals surface area contributed by atoms with E-state index in [4.69, 9.17) is 0 Å². The van der Waals surface area contributed by atoms with Gasteiger partial charge in [-0.05, 0) is 0 Å². The summed E-state index contributed by atoms with van der Waals surface area (Å²) in [6.45, 7) is 6.99. The Morgan fingerprint density at radius 3 is 1.15 bits per heavy atom. The third-order valence-electron chi connectivity index (χ3n) is 2.65. The van der Waals surface area contributed by atoms with Crippen LogP contribution in [0.25, 0.3) is 0 Å². The fraction of sp³-hybridized carbons (Fsp3) is 1.00. The third kappa shape index (κ3) is 8.86. The van der Waals surface area contributed by atoms with Crippen molar-refractivity contribution in [3.63, 3.8) is 0 Å². The second-order valence-corrected chi connectivity index (χ2v) is 10.4. The van der Waals surface area contributed by atoms with Gasteiger partial charge in [0.1, 0.15) is 0 Å². The van der Waals surface area contributed by atoms with Gasteiger partial charge in [-0.3, -0.25) is 0 Å². The van der Waals surface area contributed by atoms with Crippen molar-refractivity contribution in [3.05, 3.63) is 0 Å². The van der Waals surface area contributed by atoms with Gasteiger partial charge in [-0.2, -0.15) is 0 Å². The van der Waals surface area contributed by atoms with Gasteiger partial charge in [0.2, 0.25) is 0 Å². The molecular formula is C12H27Ge-. The fourth-order valence-corrected chi connectivity index (χ4v) is 8.60. The predicted molar refractivity (Wildman–Crippen MR) is 64.9 cm³/mol. The molecule has 0 atom stereocenters. The van der Waals surface area contributed by atoms with Crippen molar-refractivity contribution < 1.29 is 0 Å². The molecule has 0 rings (SSSR count). The summed E-state index contributed by atoms with van der Waals surface area (Å²) in [4.78, 5) is 0. The van der Waals surface area contributed by atoms with Gasteiger partial charge in [-0.15, -0.1) is 0 Å². The van der Waals surface area contributed by atoms with E-state index in [-0.39, 0.29) is 0 Å². The van der Waals surface area contributed by atoms with Gasteiger partial charge in [0.15, 0.2) is 0 Å². The van der Waals surface area contributed by atoms with Crippen LogP contribution in [0.15, 0.2) is 0 Å². The van der Waals surface area contributed by atoms with Crippen LogP contribution in [0.5, 0.6) is 0 Å². The first kappa shape index (κ1) is 13.5. The molecule has 13 heavy (non-hydrogen) atoms. The van der Waals surface area contributed by atoms with Crippen molar-refractivity contribution in [2.45, 2.75) is 75.1 Å². The molecule has 0 aliphatic rings. The Kier molecular flexibility index (Phi) is 11.1. The summed E-state index contributed by atoms with van der Waals surface area (Å²) >= 11 is -0.552. The van der Waals surface area contributed by atoms with Crippen molar-refractivity contribution in [1.29, 1.82) is 0 Å². The molecule has 0 saturated heterocycles. The molecule has 0 amide bonds. The van der Waals surface area contributed by atoms with Gasteiger partial charge in [-0.25, -0.2) is 0 Å². The van der Waals surface area contributed by atoms with Crippen molar-refractivity contribution >= 4 is 14.3 Å². The molecule has 80 valence electrons. The van der Waals surface area contributed by atoms with Crippen LogP contribution in [0.2, 0.25) is 15.8 Å². The zero-order chi connectivity index (χ0) is 9.94. The summed E-state index contributed by atoms with van der Waals surface area (Å²) in [7, 11) is 0. The number of rotatable bonds is 9. The van der Waals surface area contributed by atoms with E-state index in [0.717, 1.165) is 0 Å². The molecule has 0 fully saturated rings. The van der Waals surface area contributed by atoms with Crippen LogP contribution in [0, 0.1) is 0 Å². The number of unbranched alkanes of at least 4 members (excludes halogenated alkanes) is 3. The summed E-state index contributed by atoms with van der Waals surface area (Å²) < 4.78 is 0. The van der Waals surface area contributed by atoms with E-state index in [0.29, 0.717) is 0 Å². The first-order valence-electron chi connectivity index (χ1n) is 6.18. The zero-order valence-corrected chi connectivity index (χ0v) is 12.0. The van der Waals surface area contributed by atoms with Crippen LogP contribution in [0.1, 0.15) is 59.3 Å². The van der Waals surface area contributed by atoms with Crippen molar-refractivity contribution in [2.24, 2.45) is 0 Å². The third-order valence-corrected chi connectivity index (χ3v) is 9.33. The van der Waals surface area contributed by atoms with E-state index < -0.39 is 14.3 Å². The molecule has 0 bridgehead atoms. The average Bonchev–Trinajstić information content (AvgIpc) is 2.17. The van der Waals surface area contributed by atoms with E-state index in [9.17, 15) is 0 Å². The second kappa shape index (κ2) is 10.6. The Bertz CT molecular complexity index is 72.1. The molecule has 0 aliphatic carbocycles. The Morgan fingerprint density at radius 2 is 0.923 bits per heavy atom. The molecule has 0 heterocycles. The van der Waals surface area contributed by atoms with E-state index in [1.165, 1.54) is 38.5 Å². The molecule has 0 nitrogen and oxygen atoms in total. The minimum atomic E-state index is -0.552. The van der Waals surface area contributed by atoms with Crippen LogP contribution in [-0.2, 0) is 0 Å². The van der Waals surface area contributed by atoms with Crippen LogP contribution in [0.4, 0.5) is 0 Å². The maximum atomic E-state index is 2.33. The molecule has 1 heteroatoms. The summed E-state index contributed by atoms with van der Waals surface area (Å²) in [5, 5.41) is 4.95. The van der Waals surface area contributed by atoms with Crippen LogP contribution in [-0.4, -0.2) is 14.3 Å². The van der Waals surface area contributed by atoms with E-state index in [2.05, 4.69) is 20.8 Å². The average molecular weight is 244 g/mol. The fourth-order valence-electron chi connectivity index (χ4n) is 1.66. The van der Waals surface area contributed by atoms with Gasteiger partial charge < -0.3 is 0 Å². The first-order valence-corrected chi connectivity index (χ1v) is 10.6. The minimum absolute atomic E-state index is 0.552. The Labute approximate surface area is 89.6 Å². The Balaban J connectivity index is 3.47. The van der Waals surface area contributed by atoms with Gasteiger partial charge in [0.25, 0.3) is 0 Å². The van der Waals surface area contributed by atoms with E-state index in [1.807, 2.05) is 0 Å². The molecule has 0 aliphatic heterocycles. The molecule has 0 unspecified atom stereocenters. The normalized spacial score (nSPS) is 11.1. The molecular weight excluding hydrogens is 217 g/mol.